The molecule has 0 rings (SSSR count). The Kier molecular flexibility index (Phi) is 7.88. The first-order chi connectivity index (χ1) is 12.3. The van der Waals surface area contributed by atoms with Gasteiger partial charge in [0.05, 0.1) is 12.8 Å². The van der Waals surface area contributed by atoms with Gasteiger partial charge < -0.3 is 20.8 Å². The Balaban J connectivity index is 5.23. The van der Waals surface area contributed by atoms with E-state index in [1.54, 1.807) is 27.7 Å². The zero-order valence-electron chi connectivity index (χ0n) is 17.8. The van der Waals surface area contributed by atoms with E-state index < -0.39 is 45.9 Å². The molecule has 2 amide bonds. The molecule has 0 spiro atoms. The largest absolute Gasteiger partial charge is 0.481 e. The van der Waals surface area contributed by atoms with Gasteiger partial charge >= 0.3 is 11.9 Å². The second kappa shape index (κ2) is 8.66. The topological polar surface area (TPSA) is 158 Å². The summed E-state index contributed by atoms with van der Waals surface area (Å²) in [6.45, 7) is 12.3. The number of hydrogen-bond acceptors (Lipinski definition) is 6. The van der Waals surface area contributed by atoms with Crippen molar-refractivity contribution in [3.8, 4) is 0 Å². The monoisotopic (exact) mass is 400 g/mol. The Hall–Kier alpha value is -2.52. The van der Waals surface area contributed by atoms with Crippen molar-refractivity contribution in [1.82, 2.24) is 10.6 Å². The van der Waals surface area contributed by atoms with E-state index in [0.29, 0.717) is 0 Å². The molecule has 4 N–H and O–H groups in total. The van der Waals surface area contributed by atoms with Gasteiger partial charge in [0.2, 0.25) is 11.8 Å². The van der Waals surface area contributed by atoms with Crippen LogP contribution in [0.1, 0.15) is 68.2 Å². The molecule has 0 saturated heterocycles. The molecule has 0 atom stereocenters. The molecule has 0 saturated carbocycles. The predicted octanol–water partition coefficient (Wildman–Crippen LogP) is 1.73. The molecule has 10 nitrogen and oxygen atoms in total. The van der Waals surface area contributed by atoms with Crippen LogP contribution in [0, 0.1) is 0 Å². The lowest BCUT2D eigenvalue weighted by Gasteiger charge is -2.30. The lowest BCUT2D eigenvalue weighted by atomic mass is 9.97. The number of amides is 2. The molecule has 0 aromatic heterocycles. The highest BCUT2D eigenvalue weighted by molar-refractivity contribution is 5.88. The van der Waals surface area contributed by atoms with Gasteiger partial charge in [-0.2, -0.15) is 10.2 Å². The van der Waals surface area contributed by atoms with Crippen LogP contribution < -0.4 is 10.6 Å². The third-order valence-corrected chi connectivity index (χ3v) is 3.75. The van der Waals surface area contributed by atoms with Crippen LogP contribution >= 0.6 is 0 Å². The average molecular weight is 400 g/mol. The number of carbonyl (C=O) groups is 4. The smallest absolute Gasteiger partial charge is 0.305 e. The highest BCUT2D eigenvalue weighted by Gasteiger charge is 2.37. The number of aliphatic carboxylic acids is 2. The molecule has 0 aliphatic carbocycles. The first-order valence-corrected chi connectivity index (χ1v) is 8.83. The molecular weight excluding hydrogens is 368 g/mol. The standard InChI is InChI=1S/C18H32N4O6/c1-15(2,9-11(23)24)19-13(27)17(5,6)21-22-18(7,8)14(28)20-16(3,4)10-12(25)26/h9-10H2,1-8H3,(H,19,27)(H,20,28)(H,23,24)(H,25,26). The van der Waals surface area contributed by atoms with Gasteiger partial charge in [-0.25, -0.2) is 0 Å². The Morgan fingerprint density at radius 1 is 0.643 bits per heavy atom. The third-order valence-electron chi connectivity index (χ3n) is 3.75. The van der Waals surface area contributed by atoms with Crippen molar-refractivity contribution in [2.24, 2.45) is 10.2 Å². The highest BCUT2D eigenvalue weighted by Crippen LogP contribution is 2.20. The van der Waals surface area contributed by atoms with Crippen molar-refractivity contribution in [1.29, 1.82) is 0 Å². The van der Waals surface area contributed by atoms with Crippen LogP contribution in [0.2, 0.25) is 0 Å². The third kappa shape index (κ3) is 8.92. The van der Waals surface area contributed by atoms with Gasteiger partial charge in [-0.05, 0) is 55.4 Å². The van der Waals surface area contributed by atoms with Crippen molar-refractivity contribution in [3.63, 3.8) is 0 Å². The lowest BCUT2D eigenvalue weighted by molar-refractivity contribution is -0.140. The Bertz CT molecular complexity index is 609. The van der Waals surface area contributed by atoms with Gasteiger partial charge in [0.1, 0.15) is 0 Å². The maximum atomic E-state index is 12.5. The van der Waals surface area contributed by atoms with Crippen LogP contribution in [-0.4, -0.2) is 56.1 Å². The van der Waals surface area contributed by atoms with E-state index in [2.05, 4.69) is 20.9 Å². The van der Waals surface area contributed by atoms with Crippen LogP contribution in [0.3, 0.4) is 0 Å². The van der Waals surface area contributed by atoms with E-state index in [-0.39, 0.29) is 12.8 Å². The first-order valence-electron chi connectivity index (χ1n) is 8.83. The van der Waals surface area contributed by atoms with Crippen molar-refractivity contribution >= 4 is 23.8 Å². The number of rotatable bonds is 10. The normalized spacial score (nSPS) is 13.3. The number of carboxylic acids is 2. The molecule has 0 aliphatic rings. The van der Waals surface area contributed by atoms with Crippen LogP contribution in [0.15, 0.2) is 10.2 Å². The zero-order chi connectivity index (χ0) is 22.6. The number of carbonyl (C=O) groups excluding carboxylic acids is 2. The zero-order valence-corrected chi connectivity index (χ0v) is 17.8. The minimum absolute atomic E-state index is 0.265. The van der Waals surface area contributed by atoms with Crippen molar-refractivity contribution < 1.29 is 29.4 Å². The van der Waals surface area contributed by atoms with Crippen LogP contribution in [0.5, 0.6) is 0 Å². The Morgan fingerprint density at radius 3 is 1.11 bits per heavy atom. The van der Waals surface area contributed by atoms with Gasteiger partial charge in [-0.15, -0.1) is 0 Å². The Labute approximate surface area is 165 Å². The van der Waals surface area contributed by atoms with Gasteiger partial charge in [0, 0.05) is 11.1 Å². The van der Waals surface area contributed by atoms with Gasteiger partial charge in [0.15, 0.2) is 11.1 Å². The molecule has 0 aromatic rings. The van der Waals surface area contributed by atoms with E-state index in [4.69, 9.17) is 10.2 Å². The number of carboxylic acid groups (broad SMARTS) is 2. The lowest BCUT2D eigenvalue weighted by Crippen LogP contribution is -2.53. The summed E-state index contributed by atoms with van der Waals surface area (Å²) in [6.07, 6.45) is -0.531. The molecule has 28 heavy (non-hydrogen) atoms. The molecule has 160 valence electrons. The van der Waals surface area contributed by atoms with Gasteiger partial charge in [-0.1, -0.05) is 0 Å². The summed E-state index contributed by atoms with van der Waals surface area (Å²) < 4.78 is 0. The fraction of sp³-hybridized carbons (Fsp3) is 0.778. The number of hydrogen-bond donors (Lipinski definition) is 4. The molecule has 0 aromatic carbocycles. The SMILES string of the molecule is CC(C)(CC(=O)O)NC(=O)C(C)(C)N=NC(C)(C)C(=O)NC(C)(C)CC(=O)O. The summed E-state index contributed by atoms with van der Waals surface area (Å²) in [7, 11) is 0. The second-order valence-electron chi connectivity index (χ2n) is 9.14. The summed E-state index contributed by atoms with van der Waals surface area (Å²) in [5.41, 5.74) is -4.65. The van der Waals surface area contributed by atoms with Crippen molar-refractivity contribution in [3.05, 3.63) is 0 Å². The minimum Gasteiger partial charge on any atom is -0.481 e. The highest BCUT2D eigenvalue weighted by atomic mass is 16.4. The summed E-state index contributed by atoms with van der Waals surface area (Å²) in [5.74, 6) is -3.17. The summed E-state index contributed by atoms with van der Waals surface area (Å²) in [4.78, 5) is 46.7. The van der Waals surface area contributed by atoms with E-state index in [0.717, 1.165) is 0 Å². The molecule has 0 radical (unpaired) electrons. The van der Waals surface area contributed by atoms with E-state index in [1.165, 1.54) is 27.7 Å². The average Bonchev–Trinajstić information content (AvgIpc) is 2.41. The number of nitrogens with one attached hydrogen (secondary N) is 2. The minimum atomic E-state index is -1.34. The van der Waals surface area contributed by atoms with E-state index in [9.17, 15) is 19.2 Å². The molecule has 0 unspecified atom stereocenters. The van der Waals surface area contributed by atoms with Crippen LogP contribution in [-0.2, 0) is 19.2 Å². The fourth-order valence-electron chi connectivity index (χ4n) is 2.11. The number of azo groups is 1. The molecule has 0 aliphatic heterocycles. The van der Waals surface area contributed by atoms with Crippen LogP contribution in [0.4, 0.5) is 0 Å². The molecule has 10 heteroatoms. The molecular formula is C18H32N4O6. The van der Waals surface area contributed by atoms with Gasteiger partial charge in [-0.3, -0.25) is 19.2 Å². The predicted molar refractivity (Wildman–Crippen MR) is 102 cm³/mol. The summed E-state index contributed by atoms with van der Waals surface area (Å²) >= 11 is 0. The van der Waals surface area contributed by atoms with Crippen LogP contribution in [0.25, 0.3) is 0 Å². The first kappa shape index (κ1) is 25.5. The number of nitrogens with zero attached hydrogens (tertiary/aromatic N) is 2. The maximum Gasteiger partial charge on any atom is 0.305 e. The molecule has 0 heterocycles. The Morgan fingerprint density at radius 2 is 0.893 bits per heavy atom. The van der Waals surface area contributed by atoms with E-state index in [1.807, 2.05) is 0 Å². The van der Waals surface area contributed by atoms with Crippen molar-refractivity contribution in [2.75, 3.05) is 0 Å². The molecule has 0 fully saturated rings. The summed E-state index contributed by atoms with van der Waals surface area (Å²) in [6, 6.07) is 0. The molecule has 0 bridgehead atoms. The maximum absolute atomic E-state index is 12.5. The summed E-state index contributed by atoms with van der Waals surface area (Å²) in [5, 5.41) is 31.0. The van der Waals surface area contributed by atoms with Gasteiger partial charge in [0.25, 0.3) is 0 Å². The quantitative estimate of drug-likeness (QED) is 0.409. The van der Waals surface area contributed by atoms with E-state index >= 15 is 0 Å². The second-order valence-corrected chi connectivity index (χ2v) is 9.14. The van der Waals surface area contributed by atoms with Crippen molar-refractivity contribution in [2.45, 2.75) is 90.4 Å². The fourth-order valence-corrected chi connectivity index (χ4v) is 2.11.